The van der Waals surface area contributed by atoms with Gasteiger partial charge >= 0.3 is 5.97 Å². The summed E-state index contributed by atoms with van der Waals surface area (Å²) in [7, 11) is 0. The van der Waals surface area contributed by atoms with Crippen LogP contribution >= 0.6 is 0 Å². The van der Waals surface area contributed by atoms with Gasteiger partial charge in [-0.25, -0.2) is 0 Å². The minimum atomic E-state index is -0.736. The van der Waals surface area contributed by atoms with Crippen molar-refractivity contribution in [3.8, 4) is 0 Å². The van der Waals surface area contributed by atoms with Crippen LogP contribution in [0.2, 0.25) is 0 Å². The molecule has 0 heterocycles. The highest BCUT2D eigenvalue weighted by molar-refractivity contribution is 5.66. The van der Waals surface area contributed by atoms with Crippen LogP contribution in [0.4, 0.5) is 0 Å². The van der Waals surface area contributed by atoms with E-state index in [4.69, 9.17) is 5.11 Å². The quantitative estimate of drug-likeness (QED) is 0.252. The van der Waals surface area contributed by atoms with Crippen LogP contribution in [-0.2, 0) is 4.79 Å². The van der Waals surface area contributed by atoms with Crippen LogP contribution in [0.5, 0.6) is 0 Å². The molecule has 0 saturated carbocycles. The smallest absolute Gasteiger partial charge is 0.303 e. The van der Waals surface area contributed by atoms with Gasteiger partial charge in [-0.15, -0.1) is 0 Å². The number of rotatable bonds is 15. The first kappa shape index (κ1) is 20.6. The molecule has 0 aliphatic rings. The fraction of sp³-hybridized carbons (Fsp3) is 0.824. The van der Waals surface area contributed by atoms with Crippen LogP contribution < -0.4 is 0 Å². The van der Waals surface area contributed by atoms with Gasteiger partial charge in [0, 0.05) is 12.8 Å². The van der Waals surface area contributed by atoms with Crippen molar-refractivity contribution >= 4 is 5.97 Å². The molecule has 0 aromatic carbocycles. The molecular weight excluding hydrogens is 282 g/mol. The molecule has 5 heteroatoms. The lowest BCUT2D eigenvalue weighted by atomic mass is 10.1. The van der Waals surface area contributed by atoms with Gasteiger partial charge in [-0.1, -0.05) is 51.9 Å². The molecule has 128 valence electrons. The summed E-state index contributed by atoms with van der Waals surface area (Å²) < 4.78 is 0. The summed E-state index contributed by atoms with van der Waals surface area (Å²) in [5.74, 6) is -0.736. The Morgan fingerprint density at radius 1 is 0.955 bits per heavy atom. The maximum absolute atomic E-state index is 11.0. The lowest BCUT2D eigenvalue weighted by molar-refractivity contribution is -0.428. The monoisotopic (exact) mass is 313 g/mol. The van der Waals surface area contributed by atoms with Crippen LogP contribution in [0.25, 0.3) is 0 Å². The number of aliphatic carboxylic acids is 1. The lowest BCUT2D eigenvalue weighted by Gasteiger charge is -2.01. The fourth-order valence-corrected chi connectivity index (χ4v) is 2.40. The molecule has 0 aromatic heterocycles. The van der Waals surface area contributed by atoms with Crippen LogP contribution in [0.1, 0.15) is 90.4 Å². The second kappa shape index (κ2) is 14.5. The zero-order chi connectivity index (χ0) is 16.6. The second-order valence-electron chi connectivity index (χ2n) is 5.82. The number of unbranched alkanes of at least 4 members (excludes halogenated alkanes) is 9. The van der Waals surface area contributed by atoms with E-state index < -0.39 is 5.97 Å². The van der Waals surface area contributed by atoms with E-state index in [2.05, 4.69) is 6.92 Å². The van der Waals surface area contributed by atoms with Gasteiger partial charge in [0.15, 0.2) is 0 Å². The molecule has 0 unspecified atom stereocenters. The first-order chi connectivity index (χ1) is 10.6. The number of nitro groups is 1. The summed E-state index contributed by atoms with van der Waals surface area (Å²) in [6, 6.07) is 0. The minimum Gasteiger partial charge on any atom is -0.481 e. The summed E-state index contributed by atoms with van der Waals surface area (Å²) in [4.78, 5) is 21.1. The Labute approximate surface area is 133 Å². The van der Waals surface area contributed by atoms with Crippen molar-refractivity contribution in [2.45, 2.75) is 90.4 Å². The Balaban J connectivity index is 3.67. The number of hydrogen-bond acceptors (Lipinski definition) is 3. The molecule has 0 amide bonds. The first-order valence-corrected chi connectivity index (χ1v) is 8.63. The summed E-state index contributed by atoms with van der Waals surface area (Å²) in [6.45, 7) is 2.15. The Morgan fingerprint density at radius 3 is 2.05 bits per heavy atom. The fourth-order valence-electron chi connectivity index (χ4n) is 2.40. The van der Waals surface area contributed by atoms with Crippen molar-refractivity contribution < 1.29 is 14.8 Å². The van der Waals surface area contributed by atoms with Crippen LogP contribution in [-0.4, -0.2) is 16.0 Å². The topological polar surface area (TPSA) is 80.4 Å². The summed E-state index contributed by atoms with van der Waals surface area (Å²) in [6.07, 6.45) is 13.5. The highest BCUT2D eigenvalue weighted by Crippen LogP contribution is 2.14. The second-order valence-corrected chi connectivity index (χ2v) is 5.82. The lowest BCUT2D eigenvalue weighted by Crippen LogP contribution is -1.99. The van der Waals surface area contributed by atoms with E-state index in [-0.39, 0.29) is 11.3 Å². The van der Waals surface area contributed by atoms with Gasteiger partial charge in [-0.2, -0.15) is 0 Å². The number of carboxylic acid groups (broad SMARTS) is 1. The molecule has 0 aliphatic heterocycles. The number of hydrogen-bond donors (Lipinski definition) is 1. The highest BCUT2D eigenvalue weighted by atomic mass is 16.6. The molecule has 0 atom stereocenters. The van der Waals surface area contributed by atoms with Crippen LogP contribution in [0, 0.1) is 10.1 Å². The maximum Gasteiger partial charge on any atom is 0.303 e. The Kier molecular flexibility index (Phi) is 13.6. The normalized spacial score (nSPS) is 11.6. The highest BCUT2D eigenvalue weighted by Gasteiger charge is 2.09. The van der Waals surface area contributed by atoms with E-state index in [0.29, 0.717) is 12.1 Å². The van der Waals surface area contributed by atoms with Gasteiger partial charge in [-0.05, 0) is 31.8 Å². The molecule has 0 radical (unpaired) electrons. The number of carboxylic acids is 1. The number of carbonyl (C=O) groups is 1. The van der Waals surface area contributed by atoms with E-state index >= 15 is 0 Å². The van der Waals surface area contributed by atoms with E-state index in [9.17, 15) is 14.9 Å². The Hall–Kier alpha value is -1.39. The summed E-state index contributed by atoms with van der Waals surface area (Å²) in [5.41, 5.74) is 0.363. The predicted molar refractivity (Wildman–Crippen MR) is 88.4 cm³/mol. The van der Waals surface area contributed by atoms with E-state index in [1.807, 2.05) is 0 Å². The molecule has 0 aliphatic carbocycles. The van der Waals surface area contributed by atoms with Crippen molar-refractivity contribution in [1.82, 2.24) is 0 Å². The number of nitrogens with zero attached hydrogens (tertiary/aromatic N) is 1. The van der Waals surface area contributed by atoms with E-state index in [0.717, 1.165) is 57.8 Å². The van der Waals surface area contributed by atoms with Crippen molar-refractivity contribution in [2.24, 2.45) is 0 Å². The zero-order valence-corrected chi connectivity index (χ0v) is 13.9. The standard InChI is InChI=1S/C17H31NO4/c1-2-3-4-7-10-13-16(18(21)22)14-11-8-5-6-9-12-15-17(19)20/h13H,2-12,14-15H2,1H3,(H,19,20). The van der Waals surface area contributed by atoms with Gasteiger partial charge < -0.3 is 5.11 Å². The largest absolute Gasteiger partial charge is 0.481 e. The molecule has 0 spiro atoms. The SMILES string of the molecule is CCCCCCC=C(CCCCCCCCC(=O)O)[N+](=O)[O-]. The summed E-state index contributed by atoms with van der Waals surface area (Å²) in [5, 5.41) is 19.5. The Bertz CT molecular complexity index is 340. The molecule has 0 fully saturated rings. The van der Waals surface area contributed by atoms with Gasteiger partial charge in [-0.3, -0.25) is 14.9 Å². The van der Waals surface area contributed by atoms with Crippen LogP contribution in [0.15, 0.2) is 11.8 Å². The third-order valence-electron chi connectivity index (χ3n) is 3.75. The third-order valence-corrected chi connectivity index (χ3v) is 3.75. The molecular formula is C17H31NO4. The number of allylic oxidation sites excluding steroid dienone is 2. The molecule has 0 saturated heterocycles. The van der Waals surface area contributed by atoms with Crippen molar-refractivity contribution in [3.05, 3.63) is 21.9 Å². The molecule has 5 nitrogen and oxygen atoms in total. The van der Waals surface area contributed by atoms with Crippen molar-refractivity contribution in [1.29, 1.82) is 0 Å². The van der Waals surface area contributed by atoms with Gasteiger partial charge in [0.2, 0.25) is 5.70 Å². The first-order valence-electron chi connectivity index (χ1n) is 8.63. The van der Waals surface area contributed by atoms with Crippen molar-refractivity contribution in [3.63, 3.8) is 0 Å². The minimum absolute atomic E-state index is 0.242. The van der Waals surface area contributed by atoms with Crippen LogP contribution in [0.3, 0.4) is 0 Å². The van der Waals surface area contributed by atoms with Gasteiger partial charge in [0.25, 0.3) is 0 Å². The van der Waals surface area contributed by atoms with Gasteiger partial charge in [0.05, 0.1) is 4.92 Å². The molecule has 1 N–H and O–H groups in total. The third kappa shape index (κ3) is 13.6. The van der Waals surface area contributed by atoms with E-state index in [1.54, 1.807) is 6.08 Å². The predicted octanol–water partition coefficient (Wildman–Crippen LogP) is 5.32. The molecule has 0 rings (SSSR count). The average molecular weight is 313 g/mol. The summed E-state index contributed by atoms with van der Waals surface area (Å²) >= 11 is 0. The maximum atomic E-state index is 11.0. The Morgan fingerprint density at radius 2 is 1.50 bits per heavy atom. The van der Waals surface area contributed by atoms with Crippen molar-refractivity contribution in [2.75, 3.05) is 0 Å². The zero-order valence-electron chi connectivity index (χ0n) is 13.9. The van der Waals surface area contributed by atoms with Gasteiger partial charge in [0.1, 0.15) is 0 Å². The average Bonchev–Trinajstić information content (AvgIpc) is 2.46. The molecule has 22 heavy (non-hydrogen) atoms. The molecule has 0 aromatic rings. The molecule has 0 bridgehead atoms. The van der Waals surface area contributed by atoms with E-state index in [1.165, 1.54) is 12.8 Å².